The van der Waals surface area contributed by atoms with E-state index in [1.165, 1.54) is 6.92 Å². The van der Waals surface area contributed by atoms with Crippen molar-refractivity contribution in [3.63, 3.8) is 0 Å². The number of anilines is 1. The summed E-state index contributed by atoms with van der Waals surface area (Å²) in [5.41, 5.74) is 1.59. The average molecular weight is 385 g/mol. The van der Waals surface area contributed by atoms with Gasteiger partial charge in [-0.1, -0.05) is 13.0 Å². The molecule has 1 atom stereocenters. The number of hydrogen-bond donors (Lipinski definition) is 0. The largest absolute Gasteiger partial charge is 0.382 e. The van der Waals surface area contributed by atoms with Gasteiger partial charge in [0.1, 0.15) is 5.75 Å². The van der Waals surface area contributed by atoms with E-state index < -0.39 is 10.1 Å². The summed E-state index contributed by atoms with van der Waals surface area (Å²) in [7, 11) is -3.65. The van der Waals surface area contributed by atoms with E-state index in [0.29, 0.717) is 17.9 Å². The zero-order chi connectivity index (χ0) is 19.9. The smallest absolute Gasteiger partial charge is 0.308 e. The summed E-state index contributed by atoms with van der Waals surface area (Å²) in [4.78, 5) is 15.9. The molecule has 6 nitrogen and oxygen atoms in total. The predicted octanol–water partition coefficient (Wildman–Crippen LogP) is 3.41. The first-order chi connectivity index (χ1) is 12.2. The van der Waals surface area contributed by atoms with E-state index in [1.807, 2.05) is 39.8 Å². The summed E-state index contributed by atoms with van der Waals surface area (Å²) in [6, 6.07) is 5.62. The number of rotatable bonds is 10. The van der Waals surface area contributed by atoms with Crippen LogP contribution in [0.2, 0.25) is 0 Å². The first-order valence-electron chi connectivity index (χ1n) is 9.26. The van der Waals surface area contributed by atoms with Crippen molar-refractivity contribution < 1.29 is 17.4 Å². The first kappa shape index (κ1) is 22.3. The molecule has 0 aliphatic carbocycles. The van der Waals surface area contributed by atoms with Gasteiger partial charge in [-0.25, -0.2) is 0 Å². The Morgan fingerprint density at radius 1 is 1.15 bits per heavy atom. The molecule has 0 heterocycles. The van der Waals surface area contributed by atoms with Gasteiger partial charge in [0.2, 0.25) is 5.91 Å². The van der Waals surface area contributed by atoms with Crippen LogP contribution in [0.3, 0.4) is 0 Å². The van der Waals surface area contributed by atoms with E-state index in [1.54, 1.807) is 17.9 Å². The van der Waals surface area contributed by atoms with Crippen molar-refractivity contribution in [3.05, 3.63) is 23.8 Å². The molecule has 0 saturated carbocycles. The van der Waals surface area contributed by atoms with Crippen LogP contribution >= 0.6 is 0 Å². The lowest BCUT2D eigenvalue weighted by molar-refractivity contribution is -0.131. The highest BCUT2D eigenvalue weighted by atomic mass is 32.2. The molecular formula is C19H32N2O4S. The molecule has 1 aromatic carbocycles. The van der Waals surface area contributed by atoms with Gasteiger partial charge >= 0.3 is 10.1 Å². The van der Waals surface area contributed by atoms with Gasteiger partial charge in [0, 0.05) is 49.9 Å². The second-order valence-corrected chi connectivity index (χ2v) is 8.16. The van der Waals surface area contributed by atoms with Crippen molar-refractivity contribution in [1.29, 1.82) is 0 Å². The number of hydrogen-bond acceptors (Lipinski definition) is 5. The van der Waals surface area contributed by atoms with Crippen LogP contribution in [0, 0.1) is 0 Å². The Labute approximate surface area is 158 Å². The van der Waals surface area contributed by atoms with Gasteiger partial charge in [-0.15, -0.1) is 0 Å². The minimum Gasteiger partial charge on any atom is -0.382 e. The normalized spacial score (nSPS) is 12.5. The molecule has 1 amide bonds. The average Bonchev–Trinajstić information content (AvgIpc) is 2.60. The first-order valence-corrected chi connectivity index (χ1v) is 10.8. The van der Waals surface area contributed by atoms with Gasteiger partial charge in [-0.2, -0.15) is 8.42 Å². The van der Waals surface area contributed by atoms with Crippen molar-refractivity contribution in [2.24, 2.45) is 0 Å². The maximum atomic E-state index is 12.0. The van der Waals surface area contributed by atoms with E-state index in [-0.39, 0.29) is 17.7 Å². The standard InChI is InChI=1S/C19H32N2O4S/c1-7-15(5)21(16(6)22)14-17-11-12-18(20(8-2)9-3)13-19(17)25-26(23,24)10-4/h11-13,15H,7-10,14H2,1-6H3. The molecule has 0 spiro atoms. The zero-order valence-corrected chi connectivity index (χ0v) is 17.6. The molecule has 0 saturated heterocycles. The predicted molar refractivity (Wildman–Crippen MR) is 106 cm³/mol. The molecule has 26 heavy (non-hydrogen) atoms. The van der Waals surface area contributed by atoms with Crippen molar-refractivity contribution >= 4 is 21.7 Å². The van der Waals surface area contributed by atoms with Crippen LogP contribution in [0.15, 0.2) is 18.2 Å². The highest BCUT2D eigenvalue weighted by Crippen LogP contribution is 2.29. The van der Waals surface area contributed by atoms with Crippen LogP contribution in [0.4, 0.5) is 5.69 Å². The summed E-state index contributed by atoms with van der Waals surface area (Å²) >= 11 is 0. The Hall–Kier alpha value is -1.76. The molecule has 0 aliphatic rings. The molecular weight excluding hydrogens is 352 g/mol. The fourth-order valence-corrected chi connectivity index (χ4v) is 3.26. The summed E-state index contributed by atoms with van der Waals surface area (Å²) in [5.74, 6) is 0.145. The number of carbonyl (C=O) groups excluding carboxylic acids is 1. The second kappa shape index (κ2) is 9.80. The van der Waals surface area contributed by atoms with Crippen LogP contribution in [-0.2, 0) is 21.5 Å². The van der Waals surface area contributed by atoms with Gasteiger partial charge in [-0.3, -0.25) is 4.79 Å². The van der Waals surface area contributed by atoms with Gasteiger partial charge in [0.25, 0.3) is 0 Å². The molecule has 0 fully saturated rings. The molecule has 0 bridgehead atoms. The summed E-state index contributed by atoms with van der Waals surface area (Å²) in [5, 5.41) is 0. The Kier molecular flexibility index (Phi) is 8.40. The minimum absolute atomic E-state index is 0.0449. The lowest BCUT2D eigenvalue weighted by Gasteiger charge is -2.29. The number of nitrogens with zero attached hydrogens (tertiary/aromatic N) is 2. The fraction of sp³-hybridized carbons (Fsp3) is 0.632. The van der Waals surface area contributed by atoms with E-state index in [2.05, 4.69) is 4.90 Å². The molecule has 1 aromatic rings. The molecule has 7 heteroatoms. The Morgan fingerprint density at radius 2 is 1.77 bits per heavy atom. The van der Waals surface area contributed by atoms with E-state index >= 15 is 0 Å². The topological polar surface area (TPSA) is 66.9 Å². The summed E-state index contributed by atoms with van der Waals surface area (Å²) in [6.07, 6.45) is 0.820. The highest BCUT2D eigenvalue weighted by Gasteiger charge is 2.21. The molecule has 1 rings (SSSR count). The lowest BCUT2D eigenvalue weighted by atomic mass is 10.1. The van der Waals surface area contributed by atoms with Gasteiger partial charge in [-0.05, 0) is 40.2 Å². The number of amides is 1. The van der Waals surface area contributed by atoms with Crippen molar-refractivity contribution in [3.8, 4) is 5.75 Å². The Bertz CT molecular complexity index is 699. The van der Waals surface area contributed by atoms with Crippen LogP contribution < -0.4 is 9.08 Å². The highest BCUT2D eigenvalue weighted by molar-refractivity contribution is 7.87. The van der Waals surface area contributed by atoms with Crippen molar-refractivity contribution in [1.82, 2.24) is 4.90 Å². The molecule has 0 aromatic heterocycles. The monoisotopic (exact) mass is 384 g/mol. The number of benzene rings is 1. The Morgan fingerprint density at radius 3 is 2.23 bits per heavy atom. The molecule has 1 unspecified atom stereocenters. The molecule has 0 radical (unpaired) electrons. The third-order valence-corrected chi connectivity index (χ3v) is 5.76. The quantitative estimate of drug-likeness (QED) is 0.578. The van der Waals surface area contributed by atoms with Crippen LogP contribution in [0.1, 0.15) is 53.5 Å². The third kappa shape index (κ3) is 5.90. The SMILES string of the molecule is CCC(C)N(Cc1ccc(N(CC)CC)cc1OS(=O)(=O)CC)C(C)=O. The van der Waals surface area contributed by atoms with Crippen molar-refractivity contribution in [2.45, 2.75) is 60.5 Å². The van der Waals surface area contributed by atoms with Crippen molar-refractivity contribution in [2.75, 3.05) is 23.7 Å². The minimum atomic E-state index is -3.65. The molecule has 0 N–H and O–H groups in total. The van der Waals surface area contributed by atoms with E-state index in [4.69, 9.17) is 4.18 Å². The van der Waals surface area contributed by atoms with Crippen LogP contribution in [-0.4, -0.2) is 44.1 Å². The molecule has 0 aliphatic heterocycles. The second-order valence-electron chi connectivity index (χ2n) is 6.30. The summed E-state index contributed by atoms with van der Waals surface area (Å²) < 4.78 is 29.4. The zero-order valence-electron chi connectivity index (χ0n) is 16.8. The number of carbonyl (C=O) groups is 1. The van der Waals surface area contributed by atoms with Crippen LogP contribution in [0.25, 0.3) is 0 Å². The van der Waals surface area contributed by atoms with Crippen LogP contribution in [0.5, 0.6) is 5.75 Å². The maximum absolute atomic E-state index is 12.0. The van der Waals surface area contributed by atoms with Gasteiger partial charge in [0.05, 0.1) is 5.75 Å². The summed E-state index contributed by atoms with van der Waals surface area (Å²) in [6.45, 7) is 13.1. The van der Waals surface area contributed by atoms with Gasteiger partial charge in [0.15, 0.2) is 0 Å². The Balaban J connectivity index is 3.34. The molecule has 148 valence electrons. The van der Waals surface area contributed by atoms with E-state index in [9.17, 15) is 13.2 Å². The third-order valence-electron chi connectivity index (χ3n) is 4.62. The maximum Gasteiger partial charge on any atom is 0.308 e. The van der Waals surface area contributed by atoms with E-state index in [0.717, 1.165) is 25.2 Å². The fourth-order valence-electron chi connectivity index (χ4n) is 2.71. The van der Waals surface area contributed by atoms with Gasteiger partial charge < -0.3 is 14.0 Å². The lowest BCUT2D eigenvalue weighted by Crippen LogP contribution is -2.36.